The number of anilines is 1. The summed E-state index contributed by atoms with van der Waals surface area (Å²) < 4.78 is 45.6. The Kier molecular flexibility index (Phi) is 5.81. The highest BCUT2D eigenvalue weighted by atomic mass is 79.9. The normalized spacial score (nSPS) is 14.5. The lowest BCUT2D eigenvalue weighted by molar-refractivity contribution is -0.137. The lowest BCUT2D eigenvalue weighted by Crippen LogP contribution is -2.06. The molecule has 1 N–H and O–H groups in total. The van der Waals surface area contributed by atoms with Gasteiger partial charge in [0.05, 0.1) is 5.56 Å². The van der Waals surface area contributed by atoms with E-state index in [2.05, 4.69) is 21.2 Å². The second-order valence-corrected chi connectivity index (χ2v) is 8.22. The van der Waals surface area contributed by atoms with Crippen LogP contribution in [-0.2, 0) is 17.6 Å². The monoisotopic (exact) mass is 507 g/mol. The van der Waals surface area contributed by atoms with Gasteiger partial charge in [-0.05, 0) is 54.1 Å². The van der Waals surface area contributed by atoms with Crippen molar-refractivity contribution in [3.05, 3.63) is 92.4 Å². The lowest BCUT2D eigenvalue weighted by Gasteiger charge is -2.11. The summed E-state index contributed by atoms with van der Waals surface area (Å²) in [5, 5.41) is 3.13. The first-order valence-corrected chi connectivity index (χ1v) is 10.3. The van der Waals surface area contributed by atoms with Crippen LogP contribution in [0, 0.1) is 0 Å². The third-order valence-corrected chi connectivity index (χ3v) is 5.45. The number of benzene rings is 3. The first-order valence-electron chi connectivity index (χ1n) is 9.12. The smallest absolute Gasteiger partial charge is 0.416 e. The minimum atomic E-state index is -4.49. The maximum absolute atomic E-state index is 13.0. The Morgan fingerprint density at radius 1 is 1.03 bits per heavy atom. The Labute approximate surface area is 189 Å². The van der Waals surface area contributed by atoms with Gasteiger partial charge in [0.2, 0.25) is 0 Å². The third kappa shape index (κ3) is 4.78. The number of rotatable bonds is 4. The molecule has 3 aromatic carbocycles. The zero-order chi connectivity index (χ0) is 22.2. The van der Waals surface area contributed by atoms with Gasteiger partial charge in [-0.3, -0.25) is 4.79 Å². The molecule has 3 aromatic rings. The molecule has 0 atom stereocenters. The molecular weight excluding hydrogens is 495 g/mol. The standard InChI is InChI=1S/C23H14BrClF3NO2/c24-16-4-8-21(31-12-13-1-5-17(25)6-2-13)14(9-16)10-19-18-7-3-15(23(26,27)28)11-20(18)29-22(19)30/h1-11H,12H2,(H,29,30)/b19-10-. The molecule has 1 aliphatic heterocycles. The van der Waals surface area contributed by atoms with Gasteiger partial charge in [0, 0.05) is 31.9 Å². The van der Waals surface area contributed by atoms with Crippen molar-refractivity contribution in [1.29, 1.82) is 0 Å². The highest BCUT2D eigenvalue weighted by Gasteiger charge is 2.33. The minimum Gasteiger partial charge on any atom is -0.488 e. The second kappa shape index (κ2) is 8.40. The summed E-state index contributed by atoms with van der Waals surface area (Å²) in [7, 11) is 0. The molecule has 0 aromatic heterocycles. The number of alkyl halides is 3. The van der Waals surface area contributed by atoms with Gasteiger partial charge in [-0.25, -0.2) is 0 Å². The molecule has 0 saturated heterocycles. The van der Waals surface area contributed by atoms with Crippen LogP contribution in [0.3, 0.4) is 0 Å². The molecule has 8 heteroatoms. The van der Waals surface area contributed by atoms with E-state index in [1.54, 1.807) is 36.4 Å². The Morgan fingerprint density at radius 3 is 2.48 bits per heavy atom. The van der Waals surface area contributed by atoms with E-state index < -0.39 is 17.6 Å². The zero-order valence-electron chi connectivity index (χ0n) is 15.8. The molecule has 31 heavy (non-hydrogen) atoms. The number of halogens is 5. The van der Waals surface area contributed by atoms with Gasteiger partial charge < -0.3 is 10.1 Å². The molecule has 0 saturated carbocycles. The number of nitrogens with one attached hydrogen (secondary N) is 1. The Morgan fingerprint density at radius 2 is 1.77 bits per heavy atom. The number of carbonyl (C=O) groups excluding carboxylic acids is 1. The molecule has 0 bridgehead atoms. The van der Waals surface area contributed by atoms with Crippen LogP contribution in [0.1, 0.15) is 22.3 Å². The maximum atomic E-state index is 13.0. The summed E-state index contributed by atoms with van der Waals surface area (Å²) in [4.78, 5) is 12.5. The highest BCUT2D eigenvalue weighted by Crippen LogP contribution is 2.39. The van der Waals surface area contributed by atoms with Crippen molar-refractivity contribution in [3.63, 3.8) is 0 Å². The van der Waals surface area contributed by atoms with Gasteiger partial charge in [0.1, 0.15) is 12.4 Å². The minimum absolute atomic E-state index is 0.129. The van der Waals surface area contributed by atoms with Crippen LogP contribution in [-0.4, -0.2) is 5.91 Å². The number of fused-ring (bicyclic) bond motifs is 1. The van der Waals surface area contributed by atoms with Crippen LogP contribution >= 0.6 is 27.5 Å². The van der Waals surface area contributed by atoms with Crippen LogP contribution in [0.25, 0.3) is 11.6 Å². The molecule has 4 rings (SSSR count). The van der Waals surface area contributed by atoms with E-state index in [4.69, 9.17) is 16.3 Å². The van der Waals surface area contributed by atoms with Gasteiger partial charge in [0.25, 0.3) is 5.91 Å². The molecule has 0 radical (unpaired) electrons. The second-order valence-electron chi connectivity index (χ2n) is 6.87. The predicted molar refractivity (Wildman–Crippen MR) is 118 cm³/mol. The van der Waals surface area contributed by atoms with E-state index in [0.717, 1.165) is 22.2 Å². The number of hydrogen-bond donors (Lipinski definition) is 1. The van der Waals surface area contributed by atoms with E-state index >= 15 is 0 Å². The van der Waals surface area contributed by atoms with E-state index in [-0.39, 0.29) is 17.9 Å². The van der Waals surface area contributed by atoms with E-state index in [9.17, 15) is 18.0 Å². The summed E-state index contributed by atoms with van der Waals surface area (Å²) in [6.45, 7) is 0.284. The summed E-state index contributed by atoms with van der Waals surface area (Å²) in [6, 6.07) is 15.8. The van der Waals surface area contributed by atoms with E-state index in [0.29, 0.717) is 21.9 Å². The molecule has 1 heterocycles. The van der Waals surface area contributed by atoms with Gasteiger partial charge in [-0.15, -0.1) is 0 Å². The van der Waals surface area contributed by atoms with Crippen molar-refractivity contribution in [2.45, 2.75) is 12.8 Å². The van der Waals surface area contributed by atoms with Crippen LogP contribution in [0.15, 0.2) is 65.1 Å². The van der Waals surface area contributed by atoms with Crippen molar-refractivity contribution >= 4 is 50.8 Å². The lowest BCUT2D eigenvalue weighted by atomic mass is 10.0. The van der Waals surface area contributed by atoms with Crippen LogP contribution in [0.5, 0.6) is 5.75 Å². The Hall–Kier alpha value is -2.77. The average Bonchev–Trinajstić information content (AvgIpc) is 3.02. The SMILES string of the molecule is O=C1Nc2cc(C(F)(F)F)ccc2/C1=C/c1cc(Br)ccc1OCc1ccc(Cl)cc1. The zero-order valence-corrected chi connectivity index (χ0v) is 18.1. The molecule has 0 fully saturated rings. The van der Waals surface area contributed by atoms with E-state index in [1.165, 1.54) is 6.07 Å². The number of hydrogen-bond acceptors (Lipinski definition) is 2. The van der Waals surface area contributed by atoms with Gasteiger partial charge in [0.15, 0.2) is 0 Å². The number of amides is 1. The Bertz CT molecular complexity index is 1190. The predicted octanol–water partition coefficient (Wildman–Crippen LogP) is 7.19. The fraction of sp³-hybridized carbons (Fsp3) is 0.0870. The molecule has 1 amide bonds. The first kappa shape index (κ1) is 21.5. The topological polar surface area (TPSA) is 38.3 Å². The summed E-state index contributed by atoms with van der Waals surface area (Å²) in [5.74, 6) is 0.0526. The summed E-state index contributed by atoms with van der Waals surface area (Å²) >= 11 is 9.31. The molecular formula is C23H14BrClF3NO2. The molecule has 0 aliphatic carbocycles. The van der Waals surface area contributed by atoms with Crippen molar-refractivity contribution < 1.29 is 22.7 Å². The third-order valence-electron chi connectivity index (χ3n) is 4.71. The van der Waals surface area contributed by atoms with Crippen molar-refractivity contribution in [2.24, 2.45) is 0 Å². The average molecular weight is 509 g/mol. The maximum Gasteiger partial charge on any atom is 0.416 e. The van der Waals surface area contributed by atoms with E-state index in [1.807, 2.05) is 12.1 Å². The van der Waals surface area contributed by atoms with Crippen LogP contribution in [0.2, 0.25) is 5.02 Å². The molecule has 1 aliphatic rings. The first-order chi connectivity index (χ1) is 14.7. The van der Waals surface area contributed by atoms with Gasteiger partial charge in [-0.1, -0.05) is 45.7 Å². The molecule has 0 spiro atoms. The fourth-order valence-corrected chi connectivity index (χ4v) is 3.68. The summed E-state index contributed by atoms with van der Waals surface area (Å²) in [6.07, 6.45) is -2.88. The van der Waals surface area contributed by atoms with Gasteiger partial charge >= 0.3 is 6.18 Å². The van der Waals surface area contributed by atoms with Crippen molar-refractivity contribution in [2.75, 3.05) is 5.32 Å². The molecule has 0 unspecified atom stereocenters. The van der Waals surface area contributed by atoms with Crippen molar-refractivity contribution in [1.82, 2.24) is 0 Å². The Balaban J connectivity index is 1.66. The molecule has 158 valence electrons. The van der Waals surface area contributed by atoms with Gasteiger partial charge in [-0.2, -0.15) is 13.2 Å². The number of carbonyl (C=O) groups is 1. The number of ether oxygens (including phenoxy) is 1. The fourth-order valence-electron chi connectivity index (χ4n) is 3.17. The quantitative estimate of drug-likeness (QED) is 0.379. The summed E-state index contributed by atoms with van der Waals surface area (Å²) in [5.41, 5.74) is 1.50. The highest BCUT2D eigenvalue weighted by molar-refractivity contribution is 9.10. The van der Waals surface area contributed by atoms with Crippen LogP contribution in [0.4, 0.5) is 18.9 Å². The molecule has 3 nitrogen and oxygen atoms in total. The largest absolute Gasteiger partial charge is 0.488 e. The van der Waals surface area contributed by atoms with Crippen LogP contribution < -0.4 is 10.1 Å². The van der Waals surface area contributed by atoms with Crippen molar-refractivity contribution in [3.8, 4) is 5.75 Å².